The minimum absolute atomic E-state index is 0.0918. The Kier molecular flexibility index (Phi) is 6.50. The van der Waals surface area contributed by atoms with Gasteiger partial charge in [-0.15, -0.1) is 0 Å². The van der Waals surface area contributed by atoms with Gasteiger partial charge in [0.05, 0.1) is 5.75 Å². The molecule has 0 saturated carbocycles. The molecule has 4 heteroatoms. The predicted octanol–water partition coefficient (Wildman–Crippen LogP) is 1.24. The summed E-state index contributed by atoms with van der Waals surface area (Å²) in [6, 6.07) is 1.32. The molecule has 0 unspecified atom stereocenters. The average molecular weight is 220 g/mol. The van der Waals surface area contributed by atoms with Gasteiger partial charge in [-0.25, -0.2) is 0 Å². The van der Waals surface area contributed by atoms with Crippen LogP contribution in [-0.4, -0.2) is 33.3 Å². The molecule has 0 heterocycles. The first kappa shape index (κ1) is 13.0. The Hall–Kier alpha value is 0.0369. The Morgan fingerprint density at radius 1 is 1.46 bits per heavy atom. The normalized spacial score (nSPS) is 11.6. The number of carbonyl (C=O) groups excluding carboxylic acids is 1. The van der Waals surface area contributed by atoms with Gasteiger partial charge in [-0.3, -0.25) is 4.79 Å². The van der Waals surface area contributed by atoms with Crippen LogP contribution in [0.1, 0.15) is 27.2 Å². The van der Waals surface area contributed by atoms with E-state index in [1.54, 1.807) is 11.8 Å². The standard InChI is InChI=1S/C9H20O2SSi/c1-9(2,3)11-8(10)7-12-5-4-6-13/h4-7H2,1-3,13H3. The van der Waals surface area contributed by atoms with Gasteiger partial charge in [-0.1, -0.05) is 6.04 Å². The highest BCUT2D eigenvalue weighted by Gasteiger charge is 2.15. The van der Waals surface area contributed by atoms with Gasteiger partial charge in [-0.2, -0.15) is 11.8 Å². The first-order valence-corrected chi connectivity index (χ1v) is 7.32. The summed E-state index contributed by atoms with van der Waals surface area (Å²) in [6.07, 6.45) is 1.24. The topological polar surface area (TPSA) is 26.3 Å². The molecule has 0 atom stereocenters. The fourth-order valence-electron chi connectivity index (χ4n) is 0.773. The second kappa shape index (κ2) is 6.48. The summed E-state index contributed by atoms with van der Waals surface area (Å²) in [5.41, 5.74) is -0.338. The average Bonchev–Trinajstić information content (AvgIpc) is 1.94. The van der Waals surface area contributed by atoms with Crippen LogP contribution in [0.5, 0.6) is 0 Å². The molecule has 0 fully saturated rings. The van der Waals surface area contributed by atoms with Crippen LogP contribution in [0.4, 0.5) is 0 Å². The van der Waals surface area contributed by atoms with Crippen molar-refractivity contribution in [3.63, 3.8) is 0 Å². The molecule has 0 aromatic carbocycles. The SMILES string of the molecule is CC(C)(C)OC(=O)CSCCC[SiH3]. The van der Waals surface area contributed by atoms with Crippen molar-refractivity contribution in [3.05, 3.63) is 0 Å². The van der Waals surface area contributed by atoms with Gasteiger partial charge in [0.1, 0.15) is 5.60 Å². The van der Waals surface area contributed by atoms with Crippen LogP contribution >= 0.6 is 11.8 Å². The first-order chi connectivity index (χ1) is 5.95. The smallest absolute Gasteiger partial charge is 0.316 e. The summed E-state index contributed by atoms with van der Waals surface area (Å²) >= 11 is 1.67. The number of hydrogen-bond donors (Lipinski definition) is 0. The third kappa shape index (κ3) is 9.95. The summed E-state index contributed by atoms with van der Waals surface area (Å²) in [5.74, 6) is 1.49. The van der Waals surface area contributed by atoms with Crippen LogP contribution in [0, 0.1) is 0 Å². The second-order valence-electron chi connectivity index (χ2n) is 3.99. The lowest BCUT2D eigenvalue weighted by molar-refractivity contribution is -0.151. The van der Waals surface area contributed by atoms with Crippen molar-refractivity contribution in [2.24, 2.45) is 0 Å². The van der Waals surface area contributed by atoms with Crippen molar-refractivity contribution in [1.29, 1.82) is 0 Å². The molecule has 0 aliphatic carbocycles. The summed E-state index contributed by atoms with van der Waals surface area (Å²) in [7, 11) is 1.27. The Labute approximate surface area is 88.2 Å². The molecule has 0 aromatic heterocycles. The van der Waals surface area contributed by atoms with Gasteiger partial charge in [0.2, 0.25) is 0 Å². The predicted molar refractivity (Wildman–Crippen MR) is 62.5 cm³/mol. The van der Waals surface area contributed by atoms with Crippen molar-refractivity contribution >= 4 is 28.0 Å². The molecule has 0 aliphatic heterocycles. The van der Waals surface area contributed by atoms with Gasteiger partial charge in [0.15, 0.2) is 0 Å². The molecular formula is C9H20O2SSi. The molecule has 0 amide bonds. The van der Waals surface area contributed by atoms with Crippen LogP contribution in [-0.2, 0) is 9.53 Å². The Morgan fingerprint density at radius 2 is 2.08 bits per heavy atom. The van der Waals surface area contributed by atoms with E-state index in [4.69, 9.17) is 4.74 Å². The van der Waals surface area contributed by atoms with E-state index < -0.39 is 0 Å². The fraction of sp³-hybridized carbons (Fsp3) is 0.889. The van der Waals surface area contributed by atoms with Gasteiger partial charge < -0.3 is 4.74 Å². The second-order valence-corrected chi connectivity index (χ2v) is 6.10. The number of thioether (sulfide) groups is 1. The van der Waals surface area contributed by atoms with E-state index in [1.807, 2.05) is 20.8 Å². The van der Waals surface area contributed by atoms with E-state index in [0.717, 1.165) is 5.75 Å². The number of esters is 1. The first-order valence-electron chi connectivity index (χ1n) is 4.75. The molecule has 0 spiro atoms. The number of carbonyl (C=O) groups is 1. The maximum atomic E-state index is 11.2. The number of rotatable bonds is 5. The number of hydrogen-bond acceptors (Lipinski definition) is 3. The van der Waals surface area contributed by atoms with E-state index in [0.29, 0.717) is 5.75 Å². The summed E-state index contributed by atoms with van der Waals surface area (Å²) < 4.78 is 5.17. The monoisotopic (exact) mass is 220 g/mol. The van der Waals surface area contributed by atoms with Gasteiger partial charge in [-0.05, 0) is 32.9 Å². The highest BCUT2D eigenvalue weighted by atomic mass is 32.2. The van der Waals surface area contributed by atoms with Crippen molar-refractivity contribution in [1.82, 2.24) is 0 Å². The highest BCUT2D eigenvalue weighted by Crippen LogP contribution is 2.10. The molecule has 0 bridgehead atoms. The molecule has 0 aliphatic rings. The minimum Gasteiger partial charge on any atom is -0.459 e. The number of ether oxygens (including phenoxy) is 1. The van der Waals surface area contributed by atoms with Crippen LogP contribution in [0.2, 0.25) is 6.04 Å². The maximum Gasteiger partial charge on any atom is 0.316 e. The van der Waals surface area contributed by atoms with Crippen molar-refractivity contribution in [2.75, 3.05) is 11.5 Å². The lowest BCUT2D eigenvalue weighted by atomic mass is 10.2. The molecule has 2 nitrogen and oxygen atoms in total. The quantitative estimate of drug-likeness (QED) is 0.396. The van der Waals surface area contributed by atoms with Crippen molar-refractivity contribution < 1.29 is 9.53 Å². The summed E-state index contributed by atoms with van der Waals surface area (Å²) in [4.78, 5) is 11.2. The van der Waals surface area contributed by atoms with E-state index in [9.17, 15) is 4.79 Å². The fourth-order valence-corrected chi connectivity index (χ4v) is 2.50. The maximum absolute atomic E-state index is 11.2. The molecule has 0 saturated heterocycles. The van der Waals surface area contributed by atoms with Gasteiger partial charge >= 0.3 is 5.97 Å². The molecule has 0 aromatic rings. The van der Waals surface area contributed by atoms with E-state index in [-0.39, 0.29) is 11.6 Å². The van der Waals surface area contributed by atoms with Crippen LogP contribution in [0.15, 0.2) is 0 Å². The van der Waals surface area contributed by atoms with E-state index >= 15 is 0 Å². The molecule has 0 radical (unpaired) electrons. The molecule has 78 valence electrons. The largest absolute Gasteiger partial charge is 0.459 e. The third-order valence-corrected chi connectivity index (χ3v) is 3.01. The summed E-state index contributed by atoms with van der Waals surface area (Å²) in [6.45, 7) is 5.69. The Morgan fingerprint density at radius 3 is 2.54 bits per heavy atom. The van der Waals surface area contributed by atoms with Crippen LogP contribution < -0.4 is 0 Å². The molecule has 13 heavy (non-hydrogen) atoms. The lowest BCUT2D eigenvalue weighted by Gasteiger charge is -2.19. The Bertz CT molecular complexity index is 154. The zero-order chi connectivity index (χ0) is 10.3. The third-order valence-electron chi connectivity index (χ3n) is 1.28. The summed E-state index contributed by atoms with van der Waals surface area (Å²) in [5, 5.41) is 0. The minimum atomic E-state index is -0.338. The lowest BCUT2D eigenvalue weighted by Crippen LogP contribution is -2.25. The van der Waals surface area contributed by atoms with Crippen LogP contribution in [0.3, 0.4) is 0 Å². The van der Waals surface area contributed by atoms with Crippen molar-refractivity contribution in [2.45, 2.75) is 38.8 Å². The zero-order valence-electron chi connectivity index (χ0n) is 9.05. The highest BCUT2D eigenvalue weighted by molar-refractivity contribution is 7.99. The van der Waals surface area contributed by atoms with Gasteiger partial charge in [0, 0.05) is 10.2 Å². The molecule has 0 N–H and O–H groups in total. The van der Waals surface area contributed by atoms with Gasteiger partial charge in [0.25, 0.3) is 0 Å². The van der Waals surface area contributed by atoms with E-state index in [1.165, 1.54) is 22.7 Å². The zero-order valence-corrected chi connectivity index (χ0v) is 11.9. The molecular weight excluding hydrogens is 200 g/mol. The van der Waals surface area contributed by atoms with E-state index in [2.05, 4.69) is 0 Å². The van der Waals surface area contributed by atoms with Crippen LogP contribution in [0.25, 0.3) is 0 Å². The molecule has 0 rings (SSSR count). The van der Waals surface area contributed by atoms with Crippen molar-refractivity contribution in [3.8, 4) is 0 Å². The Balaban J connectivity index is 3.41.